The minimum atomic E-state index is -1.26. The molecule has 9 heteroatoms. The van der Waals surface area contributed by atoms with Crippen molar-refractivity contribution in [1.82, 2.24) is 4.90 Å². The van der Waals surface area contributed by atoms with Crippen molar-refractivity contribution in [2.24, 2.45) is 0 Å². The van der Waals surface area contributed by atoms with Gasteiger partial charge in [0.15, 0.2) is 11.5 Å². The van der Waals surface area contributed by atoms with E-state index in [1.807, 2.05) is 18.2 Å². The monoisotopic (exact) mass is 481 g/mol. The summed E-state index contributed by atoms with van der Waals surface area (Å²) in [5.74, 6) is -1.06. The highest BCUT2D eigenvalue weighted by Gasteiger charge is 2.28. The standard InChI is InChI=1S/C19H21Cl2NO2.C4H4O4/c1-22-8-7-14-15(10-17(23-2)19(24-3)18(14)21)16(11-22)12-5-4-6-13(20)9-12;5-3(6)1-2-4(7)8/h4-6,9-10,16H,7-8,11H2,1-3H3;1-2H,(H,5,6)(H,7,8)/b;2-1+. The third kappa shape index (κ3) is 6.63. The van der Waals surface area contributed by atoms with E-state index in [2.05, 4.69) is 24.1 Å². The molecule has 1 unspecified atom stereocenters. The number of carboxylic acid groups (broad SMARTS) is 2. The highest BCUT2D eigenvalue weighted by Crippen LogP contribution is 2.44. The van der Waals surface area contributed by atoms with Crippen LogP contribution in [0.5, 0.6) is 11.5 Å². The van der Waals surface area contributed by atoms with Gasteiger partial charge < -0.3 is 24.6 Å². The lowest BCUT2D eigenvalue weighted by Gasteiger charge is -2.23. The van der Waals surface area contributed by atoms with Crippen molar-refractivity contribution in [3.8, 4) is 11.5 Å². The van der Waals surface area contributed by atoms with Crippen LogP contribution in [0.1, 0.15) is 22.6 Å². The van der Waals surface area contributed by atoms with Crippen molar-refractivity contribution in [2.45, 2.75) is 12.3 Å². The average Bonchev–Trinajstić information content (AvgIpc) is 2.91. The molecule has 0 amide bonds. The molecule has 3 rings (SSSR count). The third-order valence-corrected chi connectivity index (χ3v) is 5.61. The predicted molar refractivity (Wildman–Crippen MR) is 123 cm³/mol. The number of likely N-dealkylation sites (N-methyl/N-ethyl adjacent to an activating group) is 1. The summed E-state index contributed by atoms with van der Waals surface area (Å²) in [6.45, 7) is 1.85. The second kappa shape index (κ2) is 11.8. The Morgan fingerprint density at radius 1 is 1.09 bits per heavy atom. The van der Waals surface area contributed by atoms with Crippen molar-refractivity contribution in [3.63, 3.8) is 0 Å². The Bertz CT molecular complexity index is 992. The van der Waals surface area contributed by atoms with Crippen molar-refractivity contribution in [2.75, 3.05) is 34.4 Å². The molecule has 1 atom stereocenters. The molecule has 0 spiro atoms. The summed E-state index contributed by atoms with van der Waals surface area (Å²) >= 11 is 12.9. The second-order valence-corrected chi connectivity index (χ2v) is 7.94. The molecular weight excluding hydrogens is 457 g/mol. The van der Waals surface area contributed by atoms with Crippen molar-refractivity contribution < 1.29 is 29.3 Å². The fourth-order valence-electron chi connectivity index (χ4n) is 3.53. The number of hydrogen-bond donors (Lipinski definition) is 2. The van der Waals surface area contributed by atoms with Crippen LogP contribution in [0.2, 0.25) is 10.0 Å². The lowest BCUT2D eigenvalue weighted by molar-refractivity contribution is -0.134. The van der Waals surface area contributed by atoms with Gasteiger partial charge in [-0.05, 0) is 48.4 Å². The molecule has 172 valence electrons. The molecule has 0 saturated carbocycles. The van der Waals surface area contributed by atoms with Gasteiger partial charge in [-0.3, -0.25) is 0 Å². The lowest BCUT2D eigenvalue weighted by atomic mass is 9.87. The van der Waals surface area contributed by atoms with Crippen molar-refractivity contribution in [3.05, 3.63) is 69.2 Å². The minimum Gasteiger partial charge on any atom is -0.493 e. The molecule has 0 aromatic heterocycles. The Kier molecular flexibility index (Phi) is 9.38. The number of carboxylic acids is 2. The zero-order valence-electron chi connectivity index (χ0n) is 18.0. The number of aliphatic carboxylic acids is 2. The third-order valence-electron chi connectivity index (χ3n) is 4.98. The van der Waals surface area contributed by atoms with Crippen LogP contribution in [-0.4, -0.2) is 61.4 Å². The molecule has 0 fully saturated rings. The summed E-state index contributed by atoms with van der Waals surface area (Å²) in [4.78, 5) is 21.4. The van der Waals surface area contributed by atoms with Gasteiger partial charge in [0, 0.05) is 36.2 Å². The Balaban J connectivity index is 0.000000390. The fraction of sp³-hybridized carbons (Fsp3) is 0.304. The number of hydrogen-bond acceptors (Lipinski definition) is 5. The van der Waals surface area contributed by atoms with Gasteiger partial charge in [0.05, 0.1) is 19.2 Å². The van der Waals surface area contributed by atoms with E-state index in [9.17, 15) is 9.59 Å². The quantitative estimate of drug-likeness (QED) is 0.612. The van der Waals surface area contributed by atoms with Gasteiger partial charge in [-0.25, -0.2) is 9.59 Å². The molecule has 2 aromatic carbocycles. The van der Waals surface area contributed by atoms with Crippen LogP contribution < -0.4 is 9.47 Å². The summed E-state index contributed by atoms with van der Waals surface area (Å²) in [6.07, 6.45) is 1.99. The van der Waals surface area contributed by atoms with Gasteiger partial charge in [-0.1, -0.05) is 35.3 Å². The maximum absolute atomic E-state index is 9.55. The molecule has 0 aliphatic carbocycles. The highest BCUT2D eigenvalue weighted by molar-refractivity contribution is 6.33. The van der Waals surface area contributed by atoms with Gasteiger partial charge in [-0.15, -0.1) is 0 Å². The van der Waals surface area contributed by atoms with Crippen LogP contribution in [0.4, 0.5) is 0 Å². The van der Waals surface area contributed by atoms with Gasteiger partial charge in [-0.2, -0.15) is 0 Å². The molecule has 7 nitrogen and oxygen atoms in total. The van der Waals surface area contributed by atoms with Crippen LogP contribution in [0.3, 0.4) is 0 Å². The van der Waals surface area contributed by atoms with Crippen molar-refractivity contribution in [1.29, 1.82) is 0 Å². The molecule has 0 radical (unpaired) electrons. The largest absolute Gasteiger partial charge is 0.493 e. The minimum absolute atomic E-state index is 0.184. The van der Waals surface area contributed by atoms with Crippen LogP contribution in [0, 0.1) is 0 Å². The van der Waals surface area contributed by atoms with E-state index in [0.29, 0.717) is 28.7 Å². The average molecular weight is 482 g/mol. The summed E-state index contributed by atoms with van der Waals surface area (Å²) in [5.41, 5.74) is 3.49. The van der Waals surface area contributed by atoms with E-state index in [0.717, 1.165) is 30.1 Å². The van der Waals surface area contributed by atoms with Crippen molar-refractivity contribution >= 4 is 35.1 Å². The maximum Gasteiger partial charge on any atom is 0.328 e. The lowest BCUT2D eigenvalue weighted by Crippen LogP contribution is -2.24. The van der Waals surface area contributed by atoms with Crippen LogP contribution in [-0.2, 0) is 16.0 Å². The molecule has 1 aliphatic rings. The Hall–Kier alpha value is -2.74. The molecule has 0 bridgehead atoms. The van der Waals surface area contributed by atoms with E-state index in [1.54, 1.807) is 14.2 Å². The first-order valence-corrected chi connectivity index (χ1v) is 10.4. The van der Waals surface area contributed by atoms with Crippen LogP contribution in [0.15, 0.2) is 42.5 Å². The normalized spacial score (nSPS) is 15.8. The van der Waals surface area contributed by atoms with Gasteiger partial charge in [0.2, 0.25) is 0 Å². The fourth-order valence-corrected chi connectivity index (χ4v) is 4.10. The molecule has 2 aromatic rings. The summed E-state index contributed by atoms with van der Waals surface area (Å²) in [6, 6.07) is 10.1. The number of fused-ring (bicyclic) bond motifs is 1. The van der Waals surface area contributed by atoms with Gasteiger partial charge in [0.25, 0.3) is 0 Å². The van der Waals surface area contributed by atoms with E-state index < -0.39 is 11.9 Å². The van der Waals surface area contributed by atoms with E-state index in [-0.39, 0.29) is 5.92 Å². The molecular formula is C23H25Cl2NO6. The second-order valence-electron chi connectivity index (χ2n) is 7.12. The number of methoxy groups -OCH3 is 2. The zero-order valence-corrected chi connectivity index (χ0v) is 19.5. The SMILES string of the molecule is COc1cc2c(c(Cl)c1OC)CCN(C)CC2c1cccc(Cl)c1.O=C(O)/C=C/C(=O)O. The Morgan fingerprint density at radius 3 is 2.28 bits per heavy atom. The smallest absolute Gasteiger partial charge is 0.328 e. The first kappa shape index (κ1) is 25.5. The van der Waals surface area contributed by atoms with E-state index >= 15 is 0 Å². The number of ether oxygens (including phenoxy) is 2. The zero-order chi connectivity index (χ0) is 23.8. The number of rotatable bonds is 5. The van der Waals surface area contributed by atoms with E-state index in [1.165, 1.54) is 11.1 Å². The first-order valence-electron chi connectivity index (χ1n) is 9.69. The number of halogens is 2. The molecule has 0 saturated heterocycles. The van der Waals surface area contributed by atoms with E-state index in [4.69, 9.17) is 42.9 Å². The number of nitrogens with zero attached hydrogens (tertiary/aromatic N) is 1. The predicted octanol–water partition coefficient (Wildman–Crippen LogP) is 4.34. The topological polar surface area (TPSA) is 96.3 Å². The summed E-state index contributed by atoms with van der Waals surface area (Å²) < 4.78 is 11.0. The van der Waals surface area contributed by atoms with Gasteiger partial charge in [0.1, 0.15) is 0 Å². The van der Waals surface area contributed by atoms with Crippen LogP contribution in [0.25, 0.3) is 0 Å². The first-order chi connectivity index (χ1) is 15.2. The summed E-state index contributed by atoms with van der Waals surface area (Å²) in [5, 5.41) is 17.0. The number of benzene rings is 2. The Labute approximate surface area is 196 Å². The molecule has 2 N–H and O–H groups in total. The summed E-state index contributed by atoms with van der Waals surface area (Å²) in [7, 11) is 5.39. The molecule has 32 heavy (non-hydrogen) atoms. The van der Waals surface area contributed by atoms with Crippen LogP contribution >= 0.6 is 23.2 Å². The maximum atomic E-state index is 9.55. The molecule has 1 aliphatic heterocycles. The number of carbonyl (C=O) groups is 2. The highest BCUT2D eigenvalue weighted by atomic mass is 35.5. The Morgan fingerprint density at radius 2 is 1.75 bits per heavy atom. The van der Waals surface area contributed by atoms with Gasteiger partial charge >= 0.3 is 11.9 Å². The molecule has 1 heterocycles.